The molecule has 94 valence electrons. The Labute approximate surface area is 112 Å². The summed E-state index contributed by atoms with van der Waals surface area (Å²) in [7, 11) is 0. The molecule has 0 saturated heterocycles. The number of halogens is 3. The molecule has 18 heavy (non-hydrogen) atoms. The molecule has 0 amide bonds. The number of nitrogen functional groups attached to an aromatic ring is 1. The molecular formula is C10H8Cl2FN5. The van der Waals surface area contributed by atoms with Gasteiger partial charge in [-0.05, 0) is 18.2 Å². The van der Waals surface area contributed by atoms with Gasteiger partial charge in [-0.3, -0.25) is 5.43 Å². The summed E-state index contributed by atoms with van der Waals surface area (Å²) in [5, 5.41) is 3.59. The van der Waals surface area contributed by atoms with Crippen LogP contribution in [0.5, 0.6) is 0 Å². The van der Waals surface area contributed by atoms with Gasteiger partial charge < -0.3 is 5.32 Å². The lowest BCUT2D eigenvalue weighted by atomic mass is 10.3. The summed E-state index contributed by atoms with van der Waals surface area (Å²) in [5.74, 6) is 4.58. The molecule has 5 nitrogen and oxygen atoms in total. The first-order chi connectivity index (χ1) is 8.58. The Kier molecular flexibility index (Phi) is 3.81. The highest BCUT2D eigenvalue weighted by Crippen LogP contribution is 2.25. The molecule has 2 aromatic rings. The van der Waals surface area contributed by atoms with Crippen molar-refractivity contribution in [1.82, 2.24) is 9.97 Å². The fourth-order valence-electron chi connectivity index (χ4n) is 1.29. The molecule has 1 aromatic heterocycles. The van der Waals surface area contributed by atoms with Crippen LogP contribution in [-0.4, -0.2) is 9.97 Å². The predicted molar refractivity (Wildman–Crippen MR) is 69.5 cm³/mol. The van der Waals surface area contributed by atoms with Crippen molar-refractivity contribution >= 4 is 40.7 Å². The summed E-state index contributed by atoms with van der Waals surface area (Å²) in [5.41, 5.74) is 2.73. The van der Waals surface area contributed by atoms with Crippen LogP contribution in [0.1, 0.15) is 0 Å². The second kappa shape index (κ2) is 5.34. The van der Waals surface area contributed by atoms with Gasteiger partial charge in [0.05, 0.1) is 6.20 Å². The number of nitrogens with zero attached hydrogens (tertiary/aromatic N) is 2. The van der Waals surface area contributed by atoms with E-state index in [0.717, 1.165) is 6.20 Å². The molecule has 0 radical (unpaired) electrons. The molecule has 0 aliphatic heterocycles. The average Bonchev–Trinajstić information content (AvgIpc) is 2.30. The Morgan fingerprint density at radius 2 is 1.83 bits per heavy atom. The lowest BCUT2D eigenvalue weighted by Crippen LogP contribution is -2.11. The van der Waals surface area contributed by atoms with E-state index in [2.05, 4.69) is 20.7 Å². The number of nitrogens with one attached hydrogen (secondary N) is 2. The first-order valence-electron chi connectivity index (χ1n) is 4.81. The highest BCUT2D eigenvalue weighted by molar-refractivity contribution is 6.35. The van der Waals surface area contributed by atoms with Gasteiger partial charge in [-0.15, -0.1) is 0 Å². The minimum atomic E-state index is -0.620. The van der Waals surface area contributed by atoms with Gasteiger partial charge in [0.2, 0.25) is 5.95 Å². The number of hydrogen-bond donors (Lipinski definition) is 3. The monoisotopic (exact) mass is 287 g/mol. The molecule has 0 saturated carbocycles. The number of nitrogens with two attached hydrogens (primary N) is 1. The fourth-order valence-corrected chi connectivity index (χ4v) is 1.81. The van der Waals surface area contributed by atoms with Crippen molar-refractivity contribution in [2.45, 2.75) is 0 Å². The minimum absolute atomic E-state index is 0.0312. The summed E-state index contributed by atoms with van der Waals surface area (Å²) >= 11 is 11.7. The molecule has 1 heterocycles. The Morgan fingerprint density at radius 1 is 1.17 bits per heavy atom. The van der Waals surface area contributed by atoms with Crippen LogP contribution in [0.4, 0.5) is 21.8 Å². The smallest absolute Gasteiger partial charge is 0.239 e. The summed E-state index contributed by atoms with van der Waals surface area (Å²) < 4.78 is 13.5. The Hall–Kier alpha value is -1.63. The van der Waals surface area contributed by atoms with E-state index in [1.165, 1.54) is 0 Å². The zero-order valence-electron chi connectivity index (χ0n) is 8.92. The standard InChI is InChI=1S/C10H8Cl2FN5/c11-5-1-6(12)3-7(2-5)16-9-8(13)4-15-10(17-9)18-14/h1-4H,14H2,(H2,15,16,17,18). The van der Waals surface area contributed by atoms with Crippen molar-refractivity contribution in [2.24, 2.45) is 5.84 Å². The number of anilines is 3. The summed E-state index contributed by atoms with van der Waals surface area (Å²) in [6.07, 6.45) is 0.997. The van der Waals surface area contributed by atoms with Crippen LogP contribution in [0.25, 0.3) is 0 Å². The van der Waals surface area contributed by atoms with Crippen LogP contribution in [-0.2, 0) is 0 Å². The second-order valence-corrected chi connectivity index (χ2v) is 4.19. The number of aromatic nitrogens is 2. The number of hydrogen-bond acceptors (Lipinski definition) is 5. The van der Waals surface area contributed by atoms with Gasteiger partial charge in [-0.25, -0.2) is 15.2 Å². The average molecular weight is 288 g/mol. The van der Waals surface area contributed by atoms with Crippen molar-refractivity contribution in [2.75, 3.05) is 10.7 Å². The highest BCUT2D eigenvalue weighted by Gasteiger charge is 2.07. The van der Waals surface area contributed by atoms with Crippen molar-refractivity contribution in [1.29, 1.82) is 0 Å². The first-order valence-corrected chi connectivity index (χ1v) is 5.56. The van der Waals surface area contributed by atoms with Gasteiger partial charge in [-0.1, -0.05) is 23.2 Å². The lowest BCUT2D eigenvalue weighted by Gasteiger charge is -2.08. The molecule has 0 bridgehead atoms. The van der Waals surface area contributed by atoms with Crippen molar-refractivity contribution in [3.05, 3.63) is 40.3 Å². The Bertz CT molecular complexity index is 558. The molecule has 0 unspecified atom stereocenters. The summed E-state index contributed by atoms with van der Waals surface area (Å²) in [6.45, 7) is 0. The predicted octanol–water partition coefficient (Wildman–Crippen LogP) is 2.95. The summed E-state index contributed by atoms with van der Waals surface area (Å²) in [4.78, 5) is 7.45. The summed E-state index contributed by atoms with van der Waals surface area (Å²) in [6, 6.07) is 4.74. The third-order valence-corrected chi connectivity index (χ3v) is 2.43. The molecule has 8 heteroatoms. The van der Waals surface area contributed by atoms with Crippen LogP contribution in [0, 0.1) is 5.82 Å². The molecule has 0 fully saturated rings. The molecule has 4 N–H and O–H groups in total. The van der Waals surface area contributed by atoms with Crippen molar-refractivity contribution in [3.63, 3.8) is 0 Å². The molecule has 0 atom stereocenters. The molecular weight excluding hydrogens is 280 g/mol. The molecule has 1 aromatic carbocycles. The third-order valence-electron chi connectivity index (χ3n) is 2.00. The van der Waals surface area contributed by atoms with Crippen molar-refractivity contribution < 1.29 is 4.39 Å². The molecule has 0 aliphatic rings. The zero-order valence-corrected chi connectivity index (χ0v) is 10.4. The minimum Gasteiger partial charge on any atom is -0.338 e. The highest BCUT2D eigenvalue weighted by atomic mass is 35.5. The Balaban J connectivity index is 2.33. The van der Waals surface area contributed by atoms with E-state index in [4.69, 9.17) is 29.0 Å². The van der Waals surface area contributed by atoms with E-state index in [-0.39, 0.29) is 11.8 Å². The van der Waals surface area contributed by atoms with Crippen LogP contribution in [0.15, 0.2) is 24.4 Å². The maximum Gasteiger partial charge on any atom is 0.239 e. The van der Waals surface area contributed by atoms with Crippen LogP contribution in [0.2, 0.25) is 10.0 Å². The van der Waals surface area contributed by atoms with E-state index < -0.39 is 5.82 Å². The van der Waals surface area contributed by atoms with Crippen LogP contribution in [0.3, 0.4) is 0 Å². The van der Waals surface area contributed by atoms with E-state index in [0.29, 0.717) is 15.7 Å². The zero-order chi connectivity index (χ0) is 13.1. The lowest BCUT2D eigenvalue weighted by molar-refractivity contribution is 0.619. The van der Waals surface area contributed by atoms with Crippen LogP contribution >= 0.6 is 23.2 Å². The molecule has 2 rings (SSSR count). The van der Waals surface area contributed by atoms with E-state index >= 15 is 0 Å². The van der Waals surface area contributed by atoms with E-state index in [9.17, 15) is 4.39 Å². The largest absolute Gasteiger partial charge is 0.338 e. The van der Waals surface area contributed by atoms with Crippen molar-refractivity contribution in [3.8, 4) is 0 Å². The van der Waals surface area contributed by atoms with E-state index in [1.54, 1.807) is 18.2 Å². The van der Waals surface area contributed by atoms with Crippen LogP contribution < -0.4 is 16.6 Å². The number of benzene rings is 1. The van der Waals surface area contributed by atoms with Gasteiger partial charge in [0.1, 0.15) is 0 Å². The molecule has 0 aliphatic carbocycles. The number of hydrazine groups is 1. The first kappa shape index (κ1) is 12.8. The second-order valence-electron chi connectivity index (χ2n) is 3.32. The maximum absolute atomic E-state index is 13.5. The molecule has 0 spiro atoms. The van der Waals surface area contributed by atoms with Gasteiger partial charge in [0.15, 0.2) is 11.6 Å². The van der Waals surface area contributed by atoms with Gasteiger partial charge in [0, 0.05) is 15.7 Å². The van der Waals surface area contributed by atoms with E-state index in [1.807, 2.05) is 0 Å². The van der Waals surface area contributed by atoms with Gasteiger partial charge in [-0.2, -0.15) is 4.98 Å². The quantitative estimate of drug-likeness (QED) is 0.598. The fraction of sp³-hybridized carbons (Fsp3) is 0. The SMILES string of the molecule is NNc1ncc(F)c(Nc2cc(Cl)cc(Cl)c2)n1. The number of rotatable bonds is 3. The van der Waals surface area contributed by atoms with Gasteiger partial charge in [0.25, 0.3) is 0 Å². The topological polar surface area (TPSA) is 75.9 Å². The third kappa shape index (κ3) is 2.98. The Morgan fingerprint density at radius 3 is 2.44 bits per heavy atom. The van der Waals surface area contributed by atoms with Gasteiger partial charge >= 0.3 is 0 Å². The normalized spacial score (nSPS) is 10.2. The maximum atomic E-state index is 13.5.